The van der Waals surface area contributed by atoms with Gasteiger partial charge in [0.15, 0.2) is 10.9 Å². The average Bonchev–Trinajstić information content (AvgIpc) is 3.29. The number of β-lactam (4-membered cyclic amide) rings is 1. The summed E-state index contributed by atoms with van der Waals surface area (Å²) < 4.78 is 14.2. The van der Waals surface area contributed by atoms with Crippen molar-refractivity contribution in [3.8, 4) is 0 Å². The van der Waals surface area contributed by atoms with Gasteiger partial charge in [-0.2, -0.15) is 0 Å². The fourth-order valence-electron chi connectivity index (χ4n) is 3.75. The number of aromatic amines is 1. The van der Waals surface area contributed by atoms with E-state index in [2.05, 4.69) is 20.6 Å². The first-order valence-corrected chi connectivity index (χ1v) is 12.6. The number of carbonyl (C=O) groups is 3. The number of carboxylic acid groups (broad SMARTS) is 1. The maximum atomic E-state index is 13.1. The van der Waals surface area contributed by atoms with Crippen LogP contribution in [0.25, 0.3) is 0 Å². The van der Waals surface area contributed by atoms with Gasteiger partial charge >= 0.3 is 5.97 Å². The Morgan fingerprint density at radius 3 is 2.75 bits per heavy atom. The summed E-state index contributed by atoms with van der Waals surface area (Å²) in [6.45, 7) is 3.01. The van der Waals surface area contributed by atoms with Gasteiger partial charge < -0.3 is 14.6 Å². The Balaban J connectivity index is 1.54. The normalized spacial score (nSPS) is 26.6. The van der Waals surface area contributed by atoms with Crippen molar-refractivity contribution in [2.75, 3.05) is 12.3 Å². The minimum absolute atomic E-state index is 0.0191. The van der Waals surface area contributed by atoms with Gasteiger partial charge in [-0.15, -0.1) is 21.2 Å². The predicted octanol–water partition coefficient (Wildman–Crippen LogP) is 0.606. The molecular weight excluding hydrogens is 476 g/mol. The van der Waals surface area contributed by atoms with E-state index in [9.17, 15) is 24.0 Å². The molecule has 5 atom stereocenters. The second-order valence-corrected chi connectivity index (χ2v) is 11.2. The lowest BCUT2D eigenvalue weighted by molar-refractivity contribution is -0.162. The molecule has 14 heteroatoms. The highest BCUT2D eigenvalue weighted by molar-refractivity contribution is 8.01. The minimum Gasteiger partial charge on any atom is -0.588 e. The van der Waals surface area contributed by atoms with E-state index < -0.39 is 51.2 Å². The van der Waals surface area contributed by atoms with Crippen LogP contribution < -0.4 is 0 Å². The molecule has 2 amide bonds. The van der Waals surface area contributed by atoms with Crippen molar-refractivity contribution in [2.24, 2.45) is 5.41 Å². The van der Waals surface area contributed by atoms with Gasteiger partial charge in [0.25, 0.3) is 11.8 Å². The summed E-state index contributed by atoms with van der Waals surface area (Å²) in [6, 6.07) is 7.54. The zero-order valence-corrected chi connectivity index (χ0v) is 19.5. The molecule has 3 heterocycles. The molecule has 2 aliphatic heterocycles. The maximum Gasteiger partial charge on any atom is 0.313 e. The van der Waals surface area contributed by atoms with Crippen molar-refractivity contribution < 1.29 is 24.0 Å². The third-order valence-electron chi connectivity index (χ3n) is 5.58. The Kier molecular flexibility index (Phi) is 6.38. The van der Waals surface area contributed by atoms with E-state index in [0.717, 1.165) is 4.31 Å². The number of carbonyl (C=O) groups excluding carboxylic acids is 2. The van der Waals surface area contributed by atoms with Crippen molar-refractivity contribution in [1.29, 1.82) is 0 Å². The average molecular weight is 497 g/mol. The van der Waals surface area contributed by atoms with Crippen molar-refractivity contribution in [2.45, 2.75) is 40.6 Å². The van der Waals surface area contributed by atoms with Crippen molar-refractivity contribution in [1.82, 2.24) is 29.8 Å². The molecule has 0 radical (unpaired) electrons. The van der Waals surface area contributed by atoms with Crippen LogP contribution in [0.5, 0.6) is 0 Å². The summed E-state index contributed by atoms with van der Waals surface area (Å²) in [5.41, 5.74) is -1.24. The predicted molar refractivity (Wildman–Crippen MR) is 117 cm³/mol. The molecule has 0 saturated carbocycles. The van der Waals surface area contributed by atoms with E-state index in [1.807, 2.05) is 0 Å². The highest BCUT2D eigenvalue weighted by Crippen LogP contribution is 2.49. The summed E-state index contributed by atoms with van der Waals surface area (Å²) in [6.07, 6.45) is 0. The Morgan fingerprint density at radius 1 is 1.44 bits per heavy atom. The number of aliphatic carboxylic acids is 1. The standard InChI is InChI=1S/C18H20N6O5S3/c1-10(31-17-19-21-22-20-17)18(16(27)28)8-23-14(26)13(15(23)30-9-18)24(11(2)25)32(29)12-6-4-3-5-7-12/h3-7,10,13,15H,8-9H2,1-2H3,(H,27,28)(H,19,20,21,22)/t10?,13?,15-,18?,32?/m1/s1. The Bertz CT molecular complexity index is 1010. The molecule has 1 aromatic carbocycles. The van der Waals surface area contributed by atoms with Gasteiger partial charge in [-0.1, -0.05) is 36.9 Å². The van der Waals surface area contributed by atoms with Gasteiger partial charge in [0.05, 0.1) is 0 Å². The third kappa shape index (κ3) is 3.84. The lowest BCUT2D eigenvalue weighted by Gasteiger charge is -2.55. The van der Waals surface area contributed by atoms with Crippen molar-refractivity contribution in [3.63, 3.8) is 0 Å². The number of hydrogen-bond acceptors (Lipinski definition) is 9. The number of H-pyrrole nitrogens is 1. The number of nitrogens with zero attached hydrogens (tertiary/aromatic N) is 5. The molecular formula is C18H20N6O5S3. The molecule has 2 aromatic rings. The number of tetrazole rings is 1. The van der Waals surface area contributed by atoms with E-state index in [1.165, 1.54) is 35.3 Å². The number of carboxylic acids is 1. The number of hydrogen-bond donors (Lipinski definition) is 2. The quantitative estimate of drug-likeness (QED) is 0.316. The number of fused-ring (bicyclic) bond motifs is 1. The summed E-state index contributed by atoms with van der Waals surface area (Å²) in [5.74, 6) is -1.70. The van der Waals surface area contributed by atoms with E-state index in [4.69, 9.17) is 0 Å². The van der Waals surface area contributed by atoms with Crippen LogP contribution in [0.2, 0.25) is 0 Å². The van der Waals surface area contributed by atoms with Crippen molar-refractivity contribution in [3.05, 3.63) is 30.3 Å². The fraction of sp³-hybridized carbons (Fsp3) is 0.444. The number of thioether (sulfide) groups is 2. The summed E-state index contributed by atoms with van der Waals surface area (Å²) in [5, 5.41) is 22.9. The van der Waals surface area contributed by atoms with Gasteiger partial charge in [0.2, 0.25) is 5.16 Å². The molecule has 0 aliphatic carbocycles. The zero-order valence-electron chi connectivity index (χ0n) is 17.1. The van der Waals surface area contributed by atoms with Gasteiger partial charge in [0.1, 0.15) is 22.2 Å². The molecule has 2 N–H and O–H groups in total. The van der Waals surface area contributed by atoms with E-state index in [1.54, 1.807) is 37.3 Å². The van der Waals surface area contributed by atoms with E-state index in [0.29, 0.717) is 10.1 Å². The van der Waals surface area contributed by atoms with Crippen LogP contribution in [0.1, 0.15) is 13.8 Å². The van der Waals surface area contributed by atoms with Crippen LogP contribution in [0, 0.1) is 5.41 Å². The maximum absolute atomic E-state index is 13.1. The molecule has 4 rings (SSSR count). The number of aromatic nitrogens is 4. The molecule has 11 nitrogen and oxygen atoms in total. The summed E-state index contributed by atoms with van der Waals surface area (Å²) in [7, 11) is 0. The van der Waals surface area contributed by atoms with E-state index >= 15 is 0 Å². The number of amides is 2. The molecule has 32 heavy (non-hydrogen) atoms. The number of benzene rings is 1. The smallest absolute Gasteiger partial charge is 0.313 e. The molecule has 2 aliphatic rings. The van der Waals surface area contributed by atoms with Gasteiger partial charge in [-0.25, -0.2) is 5.10 Å². The number of rotatable bonds is 7. The van der Waals surface area contributed by atoms with Crippen LogP contribution >= 0.6 is 23.5 Å². The van der Waals surface area contributed by atoms with E-state index in [-0.39, 0.29) is 12.3 Å². The second-order valence-electron chi connectivity index (χ2n) is 7.45. The Labute approximate surface area is 195 Å². The highest BCUT2D eigenvalue weighted by atomic mass is 32.2. The molecule has 0 spiro atoms. The molecule has 170 valence electrons. The highest BCUT2D eigenvalue weighted by Gasteiger charge is 2.63. The first-order chi connectivity index (χ1) is 15.3. The molecule has 1 aromatic heterocycles. The summed E-state index contributed by atoms with van der Waals surface area (Å²) >= 11 is 0.622. The van der Waals surface area contributed by atoms with Gasteiger partial charge in [-0.3, -0.25) is 14.4 Å². The second kappa shape index (κ2) is 8.92. The third-order valence-corrected chi connectivity index (χ3v) is 9.84. The minimum atomic E-state index is -1.85. The van der Waals surface area contributed by atoms with Crippen LogP contribution in [0.4, 0.5) is 0 Å². The largest absolute Gasteiger partial charge is 0.588 e. The fourth-order valence-corrected chi connectivity index (χ4v) is 7.90. The Hall–Kier alpha value is -2.29. The molecule has 2 saturated heterocycles. The lowest BCUT2D eigenvalue weighted by atomic mass is 9.84. The first kappa shape index (κ1) is 22.9. The SMILES string of the molecule is CC(=O)N(C1C(=O)N2CC(C(=O)O)(C(C)Sc3nnn[nH]3)CS[C@H]12)[S+]([O-])c1ccccc1. The lowest BCUT2D eigenvalue weighted by Crippen LogP contribution is -2.75. The van der Waals surface area contributed by atoms with Crippen LogP contribution in [0.3, 0.4) is 0 Å². The van der Waals surface area contributed by atoms with Crippen LogP contribution in [-0.4, -0.2) is 86.2 Å². The molecule has 4 unspecified atom stereocenters. The van der Waals surface area contributed by atoms with Gasteiger partial charge in [-0.05, 0) is 22.6 Å². The monoisotopic (exact) mass is 496 g/mol. The summed E-state index contributed by atoms with van der Waals surface area (Å²) in [4.78, 5) is 39.6. The first-order valence-electron chi connectivity index (χ1n) is 9.59. The topological polar surface area (TPSA) is 155 Å². The van der Waals surface area contributed by atoms with Gasteiger partial charge in [0, 0.05) is 24.5 Å². The molecule has 0 bridgehead atoms. The number of nitrogens with one attached hydrogen (secondary N) is 1. The Morgan fingerprint density at radius 2 is 2.16 bits per heavy atom. The van der Waals surface area contributed by atoms with Crippen LogP contribution in [0.15, 0.2) is 40.4 Å². The molecule has 2 fully saturated rings. The van der Waals surface area contributed by atoms with Crippen molar-refractivity contribution >= 4 is 52.7 Å². The van der Waals surface area contributed by atoms with Crippen LogP contribution in [-0.2, 0) is 25.7 Å². The zero-order chi connectivity index (χ0) is 23.0.